The molecule has 0 atom stereocenters. The lowest BCUT2D eigenvalue weighted by molar-refractivity contribution is 1.07. The van der Waals surface area contributed by atoms with Crippen LogP contribution in [0.1, 0.15) is 11.1 Å². The monoisotopic (exact) mass is 614 g/mol. The van der Waals surface area contributed by atoms with Crippen LogP contribution < -0.4 is 0 Å². The second-order valence-electron chi connectivity index (χ2n) is 11.6. The third-order valence-corrected chi connectivity index (χ3v) is 8.74. The zero-order valence-electron chi connectivity index (χ0n) is 26.2. The van der Waals surface area contributed by atoms with Gasteiger partial charge in [0.15, 0.2) is 17.5 Å². The lowest BCUT2D eigenvalue weighted by Gasteiger charge is -2.17. The van der Waals surface area contributed by atoms with Gasteiger partial charge in [-0.05, 0) is 73.6 Å². The van der Waals surface area contributed by atoms with E-state index in [0.717, 1.165) is 71.6 Å². The first-order valence-corrected chi connectivity index (χ1v) is 15.9. The summed E-state index contributed by atoms with van der Waals surface area (Å²) in [6.07, 6.45) is 7.56. The average Bonchev–Trinajstić information content (AvgIpc) is 3.17. The Hall–Kier alpha value is -6.52. The fourth-order valence-electron chi connectivity index (χ4n) is 6.52. The Kier molecular flexibility index (Phi) is 7.44. The summed E-state index contributed by atoms with van der Waals surface area (Å²) in [6.45, 7) is 8.35. The molecule has 8 aromatic rings. The van der Waals surface area contributed by atoms with Gasteiger partial charge in [-0.15, -0.1) is 0 Å². The number of aromatic nitrogens is 4. The molecule has 2 heterocycles. The molecule has 0 aliphatic carbocycles. The van der Waals surface area contributed by atoms with E-state index >= 15 is 0 Å². The van der Waals surface area contributed by atoms with E-state index in [1.54, 1.807) is 6.20 Å². The molecule has 2 aromatic heterocycles. The van der Waals surface area contributed by atoms with E-state index in [0.29, 0.717) is 17.5 Å². The van der Waals surface area contributed by atoms with Gasteiger partial charge in [0, 0.05) is 34.6 Å². The van der Waals surface area contributed by atoms with Crippen molar-refractivity contribution < 1.29 is 0 Å². The maximum absolute atomic E-state index is 5.07. The highest BCUT2D eigenvalue weighted by Crippen LogP contribution is 2.41. The van der Waals surface area contributed by atoms with Gasteiger partial charge in [-0.25, -0.2) is 15.0 Å². The molecule has 4 nitrogen and oxygen atoms in total. The van der Waals surface area contributed by atoms with Crippen molar-refractivity contribution in [2.45, 2.75) is 0 Å². The zero-order valence-corrected chi connectivity index (χ0v) is 26.2. The van der Waals surface area contributed by atoms with Crippen LogP contribution in [0.15, 0.2) is 159 Å². The minimum atomic E-state index is 0.598. The van der Waals surface area contributed by atoms with Crippen LogP contribution in [0.5, 0.6) is 0 Å². The van der Waals surface area contributed by atoms with Crippen LogP contribution in [-0.4, -0.2) is 19.9 Å². The van der Waals surface area contributed by atoms with Crippen LogP contribution in [0.2, 0.25) is 0 Å². The summed E-state index contributed by atoms with van der Waals surface area (Å²) in [5.41, 5.74) is 9.08. The normalized spacial score (nSPS) is 11.1. The number of hydrogen-bond acceptors (Lipinski definition) is 4. The van der Waals surface area contributed by atoms with Gasteiger partial charge in [0.1, 0.15) is 0 Å². The van der Waals surface area contributed by atoms with Crippen LogP contribution >= 0.6 is 0 Å². The molecule has 0 unspecified atom stereocenters. The zero-order chi connectivity index (χ0) is 32.5. The van der Waals surface area contributed by atoms with E-state index in [9.17, 15) is 0 Å². The van der Waals surface area contributed by atoms with Crippen LogP contribution in [0.3, 0.4) is 0 Å². The van der Waals surface area contributed by atoms with Crippen molar-refractivity contribution in [2.24, 2.45) is 0 Å². The molecule has 0 radical (unpaired) electrons. The molecular formula is C44H30N4. The number of benzene rings is 6. The van der Waals surface area contributed by atoms with E-state index in [2.05, 4.69) is 84.9 Å². The number of nitrogens with zero attached hydrogens (tertiary/aromatic N) is 4. The Morgan fingerprint density at radius 2 is 0.938 bits per heavy atom. The maximum atomic E-state index is 5.07. The Bertz CT molecular complexity index is 2410. The van der Waals surface area contributed by atoms with Gasteiger partial charge in [-0.3, -0.25) is 4.98 Å². The highest BCUT2D eigenvalue weighted by atomic mass is 15.0. The molecule has 0 aliphatic heterocycles. The van der Waals surface area contributed by atoms with Crippen molar-refractivity contribution in [1.29, 1.82) is 0 Å². The molecular weight excluding hydrogens is 585 g/mol. The Labute approximate surface area is 279 Å². The predicted molar refractivity (Wildman–Crippen MR) is 200 cm³/mol. The van der Waals surface area contributed by atoms with E-state index in [1.165, 1.54) is 0 Å². The average molecular weight is 615 g/mol. The largest absolute Gasteiger partial charge is 0.264 e. The second kappa shape index (κ2) is 12.3. The molecule has 48 heavy (non-hydrogen) atoms. The standard InChI is InChI=1S/C44H30N4/c1-3-35-36(4-2)39-23-13-22-37(41(39)40-21-12-11-20-38(35)40)33-25-32(31-19-14-24-45-28-31)26-34(27-33)44-47-42(29-15-7-5-8-16-29)46-43(48-44)30-17-9-6-10-18-30/h3-28H,1-2H2. The van der Waals surface area contributed by atoms with Gasteiger partial charge in [0.2, 0.25) is 0 Å². The summed E-state index contributed by atoms with van der Waals surface area (Å²) in [7, 11) is 0. The number of fused-ring (bicyclic) bond motifs is 3. The lowest BCUT2D eigenvalue weighted by atomic mass is 9.86. The van der Waals surface area contributed by atoms with E-state index in [-0.39, 0.29) is 0 Å². The van der Waals surface area contributed by atoms with Crippen LogP contribution in [0.4, 0.5) is 0 Å². The van der Waals surface area contributed by atoms with Crippen molar-refractivity contribution in [3.8, 4) is 56.4 Å². The number of rotatable bonds is 7. The van der Waals surface area contributed by atoms with Crippen molar-refractivity contribution in [2.75, 3.05) is 0 Å². The smallest absolute Gasteiger partial charge is 0.164 e. The lowest BCUT2D eigenvalue weighted by Crippen LogP contribution is -2.00. The third-order valence-electron chi connectivity index (χ3n) is 8.74. The van der Waals surface area contributed by atoms with Gasteiger partial charge in [0.05, 0.1) is 0 Å². The summed E-state index contributed by atoms with van der Waals surface area (Å²) >= 11 is 0. The molecule has 0 fully saturated rings. The molecule has 0 spiro atoms. The van der Waals surface area contributed by atoms with E-state index < -0.39 is 0 Å². The van der Waals surface area contributed by atoms with Gasteiger partial charge >= 0.3 is 0 Å². The molecule has 0 amide bonds. The quantitative estimate of drug-likeness (QED) is 0.168. The van der Waals surface area contributed by atoms with E-state index in [4.69, 9.17) is 15.0 Å². The number of pyridine rings is 1. The van der Waals surface area contributed by atoms with Crippen molar-refractivity contribution in [3.05, 3.63) is 170 Å². The van der Waals surface area contributed by atoms with Crippen molar-refractivity contribution in [1.82, 2.24) is 19.9 Å². The highest BCUT2D eigenvalue weighted by Gasteiger charge is 2.18. The molecule has 0 saturated heterocycles. The molecule has 0 N–H and O–H groups in total. The summed E-state index contributed by atoms with van der Waals surface area (Å²) in [5, 5.41) is 4.59. The van der Waals surface area contributed by atoms with Gasteiger partial charge in [0.25, 0.3) is 0 Å². The van der Waals surface area contributed by atoms with Gasteiger partial charge in [-0.1, -0.05) is 135 Å². The Balaban J connectivity index is 1.44. The second-order valence-corrected chi connectivity index (χ2v) is 11.6. The predicted octanol–water partition coefficient (Wildman–Crippen LogP) is 11.2. The Morgan fingerprint density at radius 3 is 1.56 bits per heavy atom. The van der Waals surface area contributed by atoms with Crippen LogP contribution in [-0.2, 0) is 0 Å². The maximum Gasteiger partial charge on any atom is 0.164 e. The highest BCUT2D eigenvalue weighted by molar-refractivity contribution is 6.19. The SMILES string of the molecule is C=Cc1c(C=C)c2cccc(-c3cc(-c4cccnc4)cc(-c4nc(-c5ccccc5)nc(-c5ccccc5)n4)c3)c2c2ccccc12. The third kappa shape index (κ3) is 5.16. The van der Waals surface area contributed by atoms with Crippen molar-refractivity contribution >= 4 is 33.7 Å². The van der Waals surface area contributed by atoms with Crippen molar-refractivity contribution in [3.63, 3.8) is 0 Å². The minimum absolute atomic E-state index is 0.598. The minimum Gasteiger partial charge on any atom is -0.264 e. The number of hydrogen-bond donors (Lipinski definition) is 0. The fourth-order valence-corrected chi connectivity index (χ4v) is 6.52. The topological polar surface area (TPSA) is 51.6 Å². The summed E-state index contributed by atoms with van der Waals surface area (Å²) in [6, 6.07) is 45.7. The van der Waals surface area contributed by atoms with Crippen LogP contribution in [0, 0.1) is 0 Å². The fraction of sp³-hybridized carbons (Fsp3) is 0. The summed E-state index contributed by atoms with van der Waals surface area (Å²) < 4.78 is 0. The summed E-state index contributed by atoms with van der Waals surface area (Å²) in [4.78, 5) is 19.5. The first-order valence-electron chi connectivity index (χ1n) is 15.9. The van der Waals surface area contributed by atoms with Crippen LogP contribution in [0.25, 0.3) is 90.1 Å². The first-order chi connectivity index (χ1) is 23.7. The molecule has 6 aromatic carbocycles. The molecule has 0 aliphatic rings. The molecule has 0 saturated carbocycles. The summed E-state index contributed by atoms with van der Waals surface area (Å²) in [5.74, 6) is 1.84. The van der Waals surface area contributed by atoms with E-state index in [1.807, 2.05) is 85.1 Å². The van der Waals surface area contributed by atoms with Gasteiger partial charge in [-0.2, -0.15) is 0 Å². The Morgan fingerprint density at radius 1 is 0.417 bits per heavy atom. The molecule has 226 valence electrons. The molecule has 4 heteroatoms. The molecule has 8 rings (SSSR count). The first kappa shape index (κ1) is 28.9. The van der Waals surface area contributed by atoms with Gasteiger partial charge < -0.3 is 0 Å². The molecule has 0 bridgehead atoms.